The minimum atomic E-state index is -0.614. The molecule has 1 heterocycles. The van der Waals surface area contributed by atoms with Crippen LogP contribution < -0.4 is 10.1 Å². The van der Waals surface area contributed by atoms with Gasteiger partial charge in [0, 0.05) is 38.3 Å². The number of hydrogen-bond donors (Lipinski definition) is 1. The molecule has 138 valence electrons. The van der Waals surface area contributed by atoms with Crippen molar-refractivity contribution in [3.8, 4) is 5.75 Å². The van der Waals surface area contributed by atoms with Gasteiger partial charge < -0.3 is 19.9 Å². The third-order valence-electron chi connectivity index (χ3n) is 4.30. The smallest absolute Gasteiger partial charge is 0.288 e. The Morgan fingerprint density at radius 3 is 2.76 bits per heavy atom. The maximum atomic E-state index is 12.7. The summed E-state index contributed by atoms with van der Waals surface area (Å²) in [7, 11) is 3.40. The van der Waals surface area contributed by atoms with Gasteiger partial charge in [0.25, 0.3) is 11.6 Å². The molecular weight excluding hydrogens is 348 g/mol. The zero-order valence-electron chi connectivity index (χ0n) is 14.6. The standard InChI is InChI=1S/C16H23ClN4O4/c1-4-20-6-5-19(2)9-11(10-20)18-16(22)12-7-14(21(23)24)13(17)8-15(12)25-3/h7-8,11H,4-6,9-10H2,1-3H3,(H,18,22). The molecule has 2 rings (SSSR count). The minimum absolute atomic E-state index is 0.0650. The second-order valence-electron chi connectivity index (χ2n) is 6.09. The molecule has 1 aliphatic rings. The number of rotatable bonds is 5. The number of hydrogen-bond acceptors (Lipinski definition) is 6. The van der Waals surface area contributed by atoms with E-state index < -0.39 is 10.8 Å². The lowest BCUT2D eigenvalue weighted by Gasteiger charge is -2.24. The van der Waals surface area contributed by atoms with Crippen LogP contribution in [0.5, 0.6) is 5.75 Å². The van der Waals surface area contributed by atoms with Crippen LogP contribution in [0, 0.1) is 10.1 Å². The number of carbonyl (C=O) groups is 1. The Kier molecular flexibility index (Phi) is 6.57. The quantitative estimate of drug-likeness (QED) is 0.626. The number of carbonyl (C=O) groups excluding carboxylic acids is 1. The van der Waals surface area contributed by atoms with E-state index >= 15 is 0 Å². The van der Waals surface area contributed by atoms with E-state index in [-0.39, 0.29) is 28.1 Å². The first-order valence-corrected chi connectivity index (χ1v) is 8.47. The van der Waals surface area contributed by atoms with Gasteiger partial charge in [0.2, 0.25) is 0 Å². The predicted molar refractivity (Wildman–Crippen MR) is 95.5 cm³/mol. The summed E-state index contributed by atoms with van der Waals surface area (Å²) < 4.78 is 5.17. The molecule has 1 fully saturated rings. The summed E-state index contributed by atoms with van der Waals surface area (Å²) in [5.41, 5.74) is -0.214. The second kappa shape index (κ2) is 8.46. The Bertz CT molecular complexity index is 655. The average molecular weight is 371 g/mol. The fraction of sp³-hybridized carbons (Fsp3) is 0.562. The van der Waals surface area contributed by atoms with E-state index in [1.165, 1.54) is 13.2 Å². The summed E-state index contributed by atoms with van der Waals surface area (Å²) in [4.78, 5) is 27.6. The van der Waals surface area contributed by atoms with Gasteiger partial charge in [-0.15, -0.1) is 0 Å². The highest BCUT2D eigenvalue weighted by molar-refractivity contribution is 6.33. The fourth-order valence-electron chi connectivity index (χ4n) is 2.91. The number of nitro benzene ring substituents is 1. The van der Waals surface area contributed by atoms with Gasteiger partial charge in [-0.05, 0) is 13.6 Å². The van der Waals surface area contributed by atoms with Crippen molar-refractivity contribution in [3.63, 3.8) is 0 Å². The van der Waals surface area contributed by atoms with E-state index in [1.807, 2.05) is 7.05 Å². The number of nitrogens with one attached hydrogen (secondary N) is 1. The van der Waals surface area contributed by atoms with Crippen LogP contribution >= 0.6 is 11.6 Å². The lowest BCUT2D eigenvalue weighted by molar-refractivity contribution is -0.384. The molecule has 9 heteroatoms. The van der Waals surface area contributed by atoms with Crippen LogP contribution in [0.15, 0.2) is 12.1 Å². The fourth-order valence-corrected chi connectivity index (χ4v) is 3.13. The summed E-state index contributed by atoms with van der Waals surface area (Å²) >= 11 is 5.88. The van der Waals surface area contributed by atoms with E-state index in [2.05, 4.69) is 22.0 Å². The monoisotopic (exact) mass is 370 g/mol. The number of benzene rings is 1. The largest absolute Gasteiger partial charge is 0.496 e. The van der Waals surface area contributed by atoms with Crippen molar-refractivity contribution in [2.75, 3.05) is 46.9 Å². The van der Waals surface area contributed by atoms with Gasteiger partial charge >= 0.3 is 0 Å². The Morgan fingerprint density at radius 2 is 2.16 bits per heavy atom. The molecule has 1 unspecified atom stereocenters. The van der Waals surface area contributed by atoms with Gasteiger partial charge in [0.05, 0.1) is 23.6 Å². The van der Waals surface area contributed by atoms with Crippen LogP contribution in [-0.4, -0.2) is 73.6 Å². The second-order valence-corrected chi connectivity index (χ2v) is 6.49. The van der Waals surface area contributed by atoms with Crippen LogP contribution in [0.1, 0.15) is 17.3 Å². The Morgan fingerprint density at radius 1 is 1.44 bits per heavy atom. The number of likely N-dealkylation sites (N-methyl/N-ethyl adjacent to an activating group) is 2. The number of nitro groups is 1. The Balaban J connectivity index is 2.24. The molecule has 0 spiro atoms. The summed E-state index contributed by atoms with van der Waals surface area (Å²) in [6, 6.07) is 2.38. The summed E-state index contributed by atoms with van der Waals surface area (Å²) in [6.45, 7) is 6.28. The maximum absolute atomic E-state index is 12.7. The van der Waals surface area contributed by atoms with Gasteiger partial charge in [0.1, 0.15) is 10.8 Å². The van der Waals surface area contributed by atoms with Crippen LogP contribution in [-0.2, 0) is 0 Å². The maximum Gasteiger partial charge on any atom is 0.288 e. The highest BCUT2D eigenvalue weighted by atomic mass is 35.5. The zero-order chi connectivity index (χ0) is 18.6. The van der Waals surface area contributed by atoms with Gasteiger partial charge in [-0.1, -0.05) is 18.5 Å². The molecule has 0 aliphatic carbocycles. The van der Waals surface area contributed by atoms with Crippen LogP contribution in [0.2, 0.25) is 5.02 Å². The van der Waals surface area contributed by atoms with Gasteiger partial charge in [0.15, 0.2) is 0 Å². The first kappa shape index (κ1) is 19.4. The van der Waals surface area contributed by atoms with E-state index in [1.54, 1.807) is 0 Å². The molecule has 8 nitrogen and oxygen atoms in total. The van der Waals surface area contributed by atoms with Crippen molar-refractivity contribution in [2.45, 2.75) is 13.0 Å². The SMILES string of the molecule is CCN1CCN(C)CC(NC(=O)c2cc([N+](=O)[O-])c(Cl)cc2OC)C1. The lowest BCUT2D eigenvalue weighted by Crippen LogP contribution is -2.46. The molecule has 1 N–H and O–H groups in total. The van der Waals surface area contributed by atoms with Crippen molar-refractivity contribution in [3.05, 3.63) is 32.8 Å². The van der Waals surface area contributed by atoms with Gasteiger partial charge in [-0.3, -0.25) is 14.9 Å². The summed E-state index contributed by atoms with van der Waals surface area (Å²) in [5.74, 6) is -0.199. The Labute approximate surface area is 151 Å². The number of methoxy groups -OCH3 is 1. The molecule has 1 aliphatic heterocycles. The van der Waals surface area contributed by atoms with Crippen molar-refractivity contribution in [2.24, 2.45) is 0 Å². The van der Waals surface area contributed by atoms with Crippen LogP contribution in [0.3, 0.4) is 0 Å². The predicted octanol–water partition coefficient (Wildman–Crippen LogP) is 1.62. The number of halogens is 1. The molecule has 1 amide bonds. The third kappa shape index (κ3) is 4.81. The molecule has 25 heavy (non-hydrogen) atoms. The lowest BCUT2D eigenvalue weighted by atomic mass is 10.1. The molecule has 0 aromatic heterocycles. The van der Waals surface area contributed by atoms with Crippen LogP contribution in [0.25, 0.3) is 0 Å². The number of amides is 1. The molecule has 1 saturated heterocycles. The molecule has 1 aromatic carbocycles. The highest BCUT2D eigenvalue weighted by Crippen LogP contribution is 2.32. The molecule has 0 bridgehead atoms. The topological polar surface area (TPSA) is 88.0 Å². The van der Waals surface area contributed by atoms with Gasteiger partial charge in [-0.2, -0.15) is 0 Å². The average Bonchev–Trinajstić information content (AvgIpc) is 2.74. The van der Waals surface area contributed by atoms with Gasteiger partial charge in [-0.25, -0.2) is 0 Å². The summed E-state index contributed by atoms with van der Waals surface area (Å²) in [5, 5.41) is 14.0. The molecule has 1 aromatic rings. The van der Waals surface area contributed by atoms with Crippen molar-refractivity contribution in [1.29, 1.82) is 0 Å². The van der Waals surface area contributed by atoms with E-state index in [0.29, 0.717) is 6.54 Å². The number of ether oxygens (including phenoxy) is 1. The normalized spacial score (nSPS) is 19.3. The molecule has 0 saturated carbocycles. The highest BCUT2D eigenvalue weighted by Gasteiger charge is 2.26. The third-order valence-corrected chi connectivity index (χ3v) is 4.60. The van der Waals surface area contributed by atoms with E-state index in [4.69, 9.17) is 16.3 Å². The van der Waals surface area contributed by atoms with Crippen LogP contribution in [0.4, 0.5) is 5.69 Å². The number of nitrogens with zero attached hydrogens (tertiary/aromatic N) is 3. The first-order chi connectivity index (χ1) is 11.8. The first-order valence-electron chi connectivity index (χ1n) is 8.09. The van der Waals surface area contributed by atoms with Crippen molar-refractivity contribution >= 4 is 23.2 Å². The molecule has 0 radical (unpaired) electrons. The van der Waals surface area contributed by atoms with Crippen molar-refractivity contribution < 1.29 is 14.5 Å². The van der Waals surface area contributed by atoms with Crippen molar-refractivity contribution in [1.82, 2.24) is 15.1 Å². The molecule has 1 atom stereocenters. The van der Waals surface area contributed by atoms with E-state index in [9.17, 15) is 14.9 Å². The summed E-state index contributed by atoms with van der Waals surface area (Å²) in [6.07, 6.45) is 0. The minimum Gasteiger partial charge on any atom is -0.496 e. The van der Waals surface area contributed by atoms with E-state index in [0.717, 1.165) is 32.2 Å². The Hall–Kier alpha value is -1.90. The molecular formula is C16H23ClN4O4. The zero-order valence-corrected chi connectivity index (χ0v) is 15.4.